The number of aromatic hydroxyl groups is 1. The van der Waals surface area contributed by atoms with Crippen molar-refractivity contribution in [2.24, 2.45) is 5.10 Å². The van der Waals surface area contributed by atoms with Crippen molar-refractivity contribution < 1.29 is 5.11 Å². The zero-order valence-electron chi connectivity index (χ0n) is 14.3. The van der Waals surface area contributed by atoms with E-state index in [4.69, 9.17) is 0 Å². The number of para-hydroxylation sites is 1. The first-order valence-corrected chi connectivity index (χ1v) is 8.22. The number of aryl methyl sites for hydroxylation is 2. The number of anilines is 1. The molecule has 2 aromatic carbocycles. The Balaban J connectivity index is 1.85. The first kappa shape index (κ1) is 17.3. The van der Waals surface area contributed by atoms with Crippen LogP contribution in [0.4, 0.5) is 5.95 Å². The van der Waals surface area contributed by atoms with Crippen LogP contribution in [0, 0.1) is 6.92 Å². The predicted molar refractivity (Wildman–Crippen MR) is 100 cm³/mol. The zero-order chi connectivity index (χ0) is 18.4. The number of hydrazone groups is 1. The van der Waals surface area contributed by atoms with Gasteiger partial charge in [0.2, 0.25) is 5.95 Å². The number of phenolic OH excluding ortho intramolecular Hbond substituents is 1. The fourth-order valence-corrected chi connectivity index (χ4v) is 2.44. The molecule has 7 heteroatoms. The summed E-state index contributed by atoms with van der Waals surface area (Å²) in [5.41, 5.74) is 5.11. The molecule has 0 spiro atoms. The summed E-state index contributed by atoms with van der Waals surface area (Å²) >= 11 is 0. The monoisotopic (exact) mass is 349 g/mol. The van der Waals surface area contributed by atoms with E-state index in [1.807, 2.05) is 36.4 Å². The van der Waals surface area contributed by atoms with E-state index in [9.17, 15) is 9.90 Å². The highest BCUT2D eigenvalue weighted by atomic mass is 16.3. The number of nitrogens with one attached hydrogen (secondary N) is 2. The predicted octanol–water partition coefficient (Wildman–Crippen LogP) is 2.63. The van der Waals surface area contributed by atoms with Crippen molar-refractivity contribution in [1.82, 2.24) is 15.2 Å². The van der Waals surface area contributed by atoms with E-state index >= 15 is 0 Å². The third kappa shape index (κ3) is 4.32. The summed E-state index contributed by atoms with van der Waals surface area (Å²) in [5.74, 6) is 0.290. The van der Waals surface area contributed by atoms with Crippen LogP contribution in [-0.4, -0.2) is 26.0 Å². The molecule has 1 heterocycles. The molecule has 0 saturated heterocycles. The van der Waals surface area contributed by atoms with Gasteiger partial charge in [0.25, 0.3) is 5.56 Å². The van der Waals surface area contributed by atoms with Crippen molar-refractivity contribution in [3.05, 3.63) is 81.8 Å². The molecule has 0 atom stereocenters. The smallest absolute Gasteiger partial charge is 0.274 e. The lowest BCUT2D eigenvalue weighted by Gasteiger charge is -2.09. The van der Waals surface area contributed by atoms with E-state index in [0.717, 1.165) is 6.42 Å². The summed E-state index contributed by atoms with van der Waals surface area (Å²) in [6, 6.07) is 17.0. The lowest BCUT2D eigenvalue weighted by atomic mass is 10.0. The van der Waals surface area contributed by atoms with E-state index in [1.165, 1.54) is 5.56 Å². The summed E-state index contributed by atoms with van der Waals surface area (Å²) in [7, 11) is 0. The molecule has 132 valence electrons. The lowest BCUT2D eigenvalue weighted by Crippen LogP contribution is -2.16. The molecule has 3 aromatic rings. The Morgan fingerprint density at radius 1 is 1.12 bits per heavy atom. The number of phenols is 1. The van der Waals surface area contributed by atoms with Gasteiger partial charge in [-0.3, -0.25) is 9.78 Å². The van der Waals surface area contributed by atoms with Gasteiger partial charge in [-0.25, -0.2) is 5.43 Å². The molecule has 26 heavy (non-hydrogen) atoms. The van der Waals surface area contributed by atoms with Gasteiger partial charge in [0.05, 0.1) is 5.71 Å². The number of aromatic nitrogens is 3. The topological polar surface area (TPSA) is 103 Å². The third-order valence-corrected chi connectivity index (χ3v) is 3.87. The van der Waals surface area contributed by atoms with Crippen molar-refractivity contribution in [3.63, 3.8) is 0 Å². The summed E-state index contributed by atoms with van der Waals surface area (Å²) in [4.78, 5) is 14.2. The van der Waals surface area contributed by atoms with E-state index in [-0.39, 0.29) is 23.0 Å². The summed E-state index contributed by atoms with van der Waals surface area (Å²) in [6.45, 7) is 1.58. The van der Waals surface area contributed by atoms with Crippen LogP contribution in [0.5, 0.6) is 5.75 Å². The van der Waals surface area contributed by atoms with Crippen LogP contribution < -0.4 is 11.0 Å². The number of hydrogen-bond acceptors (Lipinski definition) is 6. The standard InChI is InChI=1S/C19H19N5O2/c1-13-18(26)20-19(23-21-13)24-22-16(15-9-5-6-10-17(15)25)12-11-14-7-3-2-4-8-14/h2-10,25H,11-12H2,1H3,(H2,20,23,24,26)/b22-16+. The van der Waals surface area contributed by atoms with Crippen LogP contribution in [-0.2, 0) is 6.42 Å². The van der Waals surface area contributed by atoms with Gasteiger partial charge in [0, 0.05) is 5.56 Å². The average Bonchev–Trinajstić information content (AvgIpc) is 2.66. The highest BCUT2D eigenvalue weighted by molar-refractivity contribution is 6.03. The van der Waals surface area contributed by atoms with Gasteiger partial charge in [-0.05, 0) is 37.5 Å². The van der Waals surface area contributed by atoms with Gasteiger partial charge in [0.1, 0.15) is 11.4 Å². The minimum Gasteiger partial charge on any atom is -0.507 e. The van der Waals surface area contributed by atoms with Crippen molar-refractivity contribution in [2.75, 3.05) is 5.43 Å². The molecule has 0 saturated carbocycles. The second-order valence-corrected chi connectivity index (χ2v) is 5.76. The van der Waals surface area contributed by atoms with Crippen molar-refractivity contribution >= 4 is 11.7 Å². The molecule has 0 fully saturated rings. The Bertz CT molecular complexity index is 967. The van der Waals surface area contributed by atoms with Crippen molar-refractivity contribution in [3.8, 4) is 5.75 Å². The number of H-pyrrole nitrogens is 1. The summed E-state index contributed by atoms with van der Waals surface area (Å²) in [5, 5.41) is 22.1. The molecular formula is C19H19N5O2. The highest BCUT2D eigenvalue weighted by Crippen LogP contribution is 2.19. The van der Waals surface area contributed by atoms with E-state index < -0.39 is 0 Å². The van der Waals surface area contributed by atoms with Crippen LogP contribution in [0.1, 0.15) is 23.2 Å². The Morgan fingerprint density at radius 3 is 2.58 bits per heavy atom. The molecule has 0 aliphatic carbocycles. The largest absolute Gasteiger partial charge is 0.507 e. The maximum Gasteiger partial charge on any atom is 0.274 e. The second-order valence-electron chi connectivity index (χ2n) is 5.76. The molecule has 0 aliphatic heterocycles. The molecular weight excluding hydrogens is 330 g/mol. The minimum atomic E-state index is -0.328. The summed E-state index contributed by atoms with van der Waals surface area (Å²) < 4.78 is 0. The quantitative estimate of drug-likeness (QED) is 0.469. The van der Waals surface area contributed by atoms with Crippen LogP contribution in [0.15, 0.2) is 64.5 Å². The molecule has 0 amide bonds. The Labute approximate surface area is 150 Å². The SMILES string of the molecule is Cc1nnc(N/N=C(\CCc2ccccc2)c2ccccc2O)[nH]c1=O. The average molecular weight is 349 g/mol. The van der Waals surface area contributed by atoms with Crippen molar-refractivity contribution in [1.29, 1.82) is 0 Å². The Kier molecular flexibility index (Phi) is 5.38. The maximum absolute atomic E-state index is 11.6. The fraction of sp³-hybridized carbons (Fsp3) is 0.158. The Hall–Kier alpha value is -3.48. The van der Waals surface area contributed by atoms with Gasteiger partial charge in [-0.15, -0.1) is 10.2 Å². The normalized spacial score (nSPS) is 11.3. The van der Waals surface area contributed by atoms with Gasteiger partial charge in [0.15, 0.2) is 0 Å². The highest BCUT2D eigenvalue weighted by Gasteiger charge is 2.10. The summed E-state index contributed by atoms with van der Waals surface area (Å²) in [6.07, 6.45) is 1.35. The molecule has 7 nitrogen and oxygen atoms in total. The number of aromatic amines is 1. The zero-order valence-corrected chi connectivity index (χ0v) is 14.3. The lowest BCUT2D eigenvalue weighted by molar-refractivity contribution is 0.474. The molecule has 3 N–H and O–H groups in total. The molecule has 1 aromatic heterocycles. The molecule has 0 bridgehead atoms. The van der Waals surface area contributed by atoms with Crippen molar-refractivity contribution in [2.45, 2.75) is 19.8 Å². The molecule has 0 unspecified atom stereocenters. The first-order chi connectivity index (χ1) is 12.6. The molecule has 3 rings (SSSR count). The van der Waals surface area contributed by atoms with E-state index in [2.05, 4.69) is 25.7 Å². The molecule has 0 aliphatic rings. The molecule has 0 radical (unpaired) electrons. The van der Waals surface area contributed by atoms with Gasteiger partial charge in [-0.2, -0.15) is 5.10 Å². The van der Waals surface area contributed by atoms with Crippen LogP contribution in [0.3, 0.4) is 0 Å². The number of rotatable bonds is 6. The van der Waals surface area contributed by atoms with Crippen LogP contribution >= 0.6 is 0 Å². The first-order valence-electron chi connectivity index (χ1n) is 8.22. The fourth-order valence-electron chi connectivity index (χ4n) is 2.44. The maximum atomic E-state index is 11.6. The Morgan fingerprint density at radius 2 is 1.85 bits per heavy atom. The third-order valence-electron chi connectivity index (χ3n) is 3.87. The van der Waals surface area contributed by atoms with Gasteiger partial charge < -0.3 is 5.11 Å². The van der Waals surface area contributed by atoms with E-state index in [0.29, 0.717) is 17.7 Å². The second kappa shape index (κ2) is 8.06. The van der Waals surface area contributed by atoms with E-state index in [1.54, 1.807) is 25.1 Å². The number of benzene rings is 2. The van der Waals surface area contributed by atoms with Crippen LogP contribution in [0.2, 0.25) is 0 Å². The number of nitrogens with zero attached hydrogens (tertiary/aromatic N) is 3. The van der Waals surface area contributed by atoms with Gasteiger partial charge >= 0.3 is 0 Å². The number of hydrogen-bond donors (Lipinski definition) is 3. The van der Waals surface area contributed by atoms with Gasteiger partial charge in [-0.1, -0.05) is 42.5 Å². The minimum absolute atomic E-state index is 0.143. The van der Waals surface area contributed by atoms with Crippen LogP contribution in [0.25, 0.3) is 0 Å².